The van der Waals surface area contributed by atoms with Crippen molar-refractivity contribution in [2.45, 2.75) is 6.04 Å². The average Bonchev–Trinajstić information content (AvgIpc) is 2.89. The number of fused-ring (bicyclic) bond motifs is 1. The fourth-order valence-electron chi connectivity index (χ4n) is 2.35. The lowest BCUT2D eigenvalue weighted by atomic mass is 10.1. The maximum atomic E-state index is 5.66. The van der Waals surface area contributed by atoms with E-state index in [1.54, 1.807) is 0 Å². The maximum Gasteiger partial charge on any atom is 0.124 e. The van der Waals surface area contributed by atoms with Gasteiger partial charge in [0.1, 0.15) is 12.4 Å². The van der Waals surface area contributed by atoms with Crippen LogP contribution in [0.15, 0.2) is 61.2 Å². The lowest BCUT2D eigenvalue weighted by molar-refractivity contribution is 0.315. The second-order valence-electron chi connectivity index (χ2n) is 4.75. The molecule has 2 nitrogen and oxygen atoms in total. The zero-order valence-corrected chi connectivity index (χ0v) is 10.8. The Kier molecular flexibility index (Phi) is 3.34. The molecule has 0 amide bonds. The van der Waals surface area contributed by atoms with E-state index >= 15 is 0 Å². The van der Waals surface area contributed by atoms with Crippen LogP contribution in [0.5, 0.6) is 5.75 Å². The van der Waals surface area contributed by atoms with Crippen molar-refractivity contribution in [3.63, 3.8) is 0 Å². The van der Waals surface area contributed by atoms with Gasteiger partial charge >= 0.3 is 0 Å². The van der Waals surface area contributed by atoms with Crippen molar-refractivity contribution in [1.29, 1.82) is 0 Å². The number of hydrogen-bond donors (Lipinski definition) is 1. The van der Waals surface area contributed by atoms with Gasteiger partial charge in [0.2, 0.25) is 0 Å². The summed E-state index contributed by atoms with van der Waals surface area (Å²) in [5, 5.41) is 3.51. The lowest BCUT2D eigenvalue weighted by Crippen LogP contribution is -2.24. The SMILES string of the molecule is C=C(CNC1COc2ccccc21)c1ccccc1. The predicted octanol–water partition coefficient (Wildman–Crippen LogP) is 3.42. The fraction of sp³-hybridized carbons (Fsp3) is 0.176. The Morgan fingerprint density at radius 1 is 1.11 bits per heavy atom. The van der Waals surface area contributed by atoms with Crippen LogP contribution in [0.1, 0.15) is 17.2 Å². The molecule has 0 saturated heterocycles. The van der Waals surface area contributed by atoms with Gasteiger partial charge in [-0.1, -0.05) is 55.1 Å². The van der Waals surface area contributed by atoms with Gasteiger partial charge < -0.3 is 10.1 Å². The first kappa shape index (κ1) is 12.0. The monoisotopic (exact) mass is 251 g/mol. The number of rotatable bonds is 4. The van der Waals surface area contributed by atoms with E-state index in [1.807, 2.05) is 36.4 Å². The molecular formula is C17H17NO. The zero-order chi connectivity index (χ0) is 13.1. The molecule has 0 aliphatic carbocycles. The topological polar surface area (TPSA) is 21.3 Å². The van der Waals surface area contributed by atoms with E-state index in [2.05, 4.69) is 30.1 Å². The molecule has 0 spiro atoms. The highest BCUT2D eigenvalue weighted by Gasteiger charge is 2.22. The summed E-state index contributed by atoms with van der Waals surface area (Å²) in [6, 6.07) is 18.7. The molecule has 0 bridgehead atoms. The third-order valence-electron chi connectivity index (χ3n) is 3.44. The van der Waals surface area contributed by atoms with Gasteiger partial charge in [-0.05, 0) is 17.2 Å². The van der Waals surface area contributed by atoms with Gasteiger partial charge in [-0.15, -0.1) is 0 Å². The van der Waals surface area contributed by atoms with Crippen molar-refractivity contribution < 1.29 is 4.74 Å². The first-order valence-electron chi connectivity index (χ1n) is 6.53. The van der Waals surface area contributed by atoms with Crippen LogP contribution < -0.4 is 10.1 Å². The van der Waals surface area contributed by atoms with Crippen LogP contribution in [0.2, 0.25) is 0 Å². The maximum absolute atomic E-state index is 5.66. The Morgan fingerprint density at radius 3 is 2.68 bits per heavy atom. The second kappa shape index (κ2) is 5.29. The Hall–Kier alpha value is -2.06. The van der Waals surface area contributed by atoms with Crippen molar-refractivity contribution >= 4 is 5.57 Å². The third-order valence-corrected chi connectivity index (χ3v) is 3.44. The summed E-state index contributed by atoms with van der Waals surface area (Å²) in [5.74, 6) is 0.991. The van der Waals surface area contributed by atoms with Gasteiger partial charge in [-0.2, -0.15) is 0 Å². The molecule has 2 aromatic carbocycles. The van der Waals surface area contributed by atoms with E-state index in [4.69, 9.17) is 4.74 Å². The molecule has 96 valence electrons. The van der Waals surface area contributed by atoms with Crippen LogP contribution in [0.3, 0.4) is 0 Å². The van der Waals surface area contributed by atoms with Crippen LogP contribution in [-0.2, 0) is 0 Å². The Bertz CT molecular complexity index is 577. The van der Waals surface area contributed by atoms with Gasteiger partial charge in [0.05, 0.1) is 6.04 Å². The highest BCUT2D eigenvalue weighted by atomic mass is 16.5. The van der Waals surface area contributed by atoms with E-state index in [-0.39, 0.29) is 6.04 Å². The summed E-state index contributed by atoms with van der Waals surface area (Å²) in [4.78, 5) is 0. The molecule has 1 unspecified atom stereocenters. The molecule has 0 saturated carbocycles. The molecule has 0 fully saturated rings. The number of benzene rings is 2. The number of ether oxygens (including phenoxy) is 1. The van der Waals surface area contributed by atoms with Crippen molar-refractivity contribution in [2.75, 3.05) is 13.2 Å². The van der Waals surface area contributed by atoms with Crippen molar-refractivity contribution in [1.82, 2.24) is 5.32 Å². The fourth-order valence-corrected chi connectivity index (χ4v) is 2.35. The Balaban J connectivity index is 1.64. The largest absolute Gasteiger partial charge is 0.491 e. The van der Waals surface area contributed by atoms with E-state index in [1.165, 1.54) is 11.1 Å². The van der Waals surface area contributed by atoms with Crippen LogP contribution in [0.4, 0.5) is 0 Å². The quantitative estimate of drug-likeness (QED) is 0.899. The molecule has 1 N–H and O–H groups in total. The van der Waals surface area contributed by atoms with Crippen LogP contribution in [-0.4, -0.2) is 13.2 Å². The lowest BCUT2D eigenvalue weighted by Gasteiger charge is -2.13. The van der Waals surface area contributed by atoms with Gasteiger partial charge in [-0.3, -0.25) is 0 Å². The standard InChI is InChI=1S/C17H17NO/c1-13(14-7-3-2-4-8-14)11-18-16-12-19-17-10-6-5-9-15(16)17/h2-10,16,18H,1,11-12H2. The Labute approximate surface area is 113 Å². The van der Waals surface area contributed by atoms with Crippen molar-refractivity contribution in [3.05, 3.63) is 72.3 Å². The Morgan fingerprint density at radius 2 is 1.84 bits per heavy atom. The van der Waals surface area contributed by atoms with Crippen LogP contribution in [0.25, 0.3) is 5.57 Å². The van der Waals surface area contributed by atoms with Gasteiger partial charge in [0, 0.05) is 12.1 Å². The van der Waals surface area contributed by atoms with E-state index in [9.17, 15) is 0 Å². The summed E-state index contributed by atoms with van der Waals surface area (Å²) in [6.07, 6.45) is 0. The summed E-state index contributed by atoms with van der Waals surface area (Å²) in [6.45, 7) is 5.60. The predicted molar refractivity (Wildman–Crippen MR) is 78.2 cm³/mol. The second-order valence-corrected chi connectivity index (χ2v) is 4.75. The van der Waals surface area contributed by atoms with Crippen LogP contribution >= 0.6 is 0 Å². The molecular weight excluding hydrogens is 234 g/mol. The first-order chi connectivity index (χ1) is 9.34. The van der Waals surface area contributed by atoms with E-state index < -0.39 is 0 Å². The summed E-state index contributed by atoms with van der Waals surface area (Å²) >= 11 is 0. The van der Waals surface area contributed by atoms with Crippen LogP contribution in [0, 0.1) is 0 Å². The average molecular weight is 251 g/mol. The summed E-state index contributed by atoms with van der Waals surface area (Å²) < 4.78 is 5.66. The van der Waals surface area contributed by atoms with Crippen molar-refractivity contribution in [2.24, 2.45) is 0 Å². The minimum absolute atomic E-state index is 0.261. The number of nitrogens with one attached hydrogen (secondary N) is 1. The molecule has 0 radical (unpaired) electrons. The van der Waals surface area contributed by atoms with Crippen molar-refractivity contribution in [3.8, 4) is 5.75 Å². The normalized spacial score (nSPS) is 16.7. The molecule has 2 heteroatoms. The molecule has 2 aromatic rings. The molecule has 0 aromatic heterocycles. The minimum atomic E-state index is 0.261. The van der Waals surface area contributed by atoms with Gasteiger partial charge in [-0.25, -0.2) is 0 Å². The highest BCUT2D eigenvalue weighted by molar-refractivity contribution is 5.64. The summed E-state index contributed by atoms with van der Waals surface area (Å²) in [7, 11) is 0. The smallest absolute Gasteiger partial charge is 0.124 e. The van der Waals surface area contributed by atoms with Gasteiger partial charge in [0.25, 0.3) is 0 Å². The van der Waals surface area contributed by atoms with E-state index in [0.717, 1.165) is 17.9 Å². The minimum Gasteiger partial charge on any atom is -0.491 e. The molecule has 1 aliphatic rings. The molecule has 1 aliphatic heterocycles. The third kappa shape index (κ3) is 2.54. The number of para-hydroxylation sites is 1. The first-order valence-corrected chi connectivity index (χ1v) is 6.53. The number of hydrogen-bond acceptors (Lipinski definition) is 2. The van der Waals surface area contributed by atoms with E-state index in [0.29, 0.717) is 6.61 Å². The van der Waals surface area contributed by atoms with Gasteiger partial charge in [0.15, 0.2) is 0 Å². The molecule has 1 heterocycles. The molecule has 3 rings (SSSR count). The molecule has 19 heavy (non-hydrogen) atoms. The molecule has 1 atom stereocenters. The zero-order valence-electron chi connectivity index (χ0n) is 10.8. The summed E-state index contributed by atoms with van der Waals surface area (Å²) in [5.41, 5.74) is 3.52. The highest BCUT2D eigenvalue weighted by Crippen LogP contribution is 2.31.